The third-order valence-corrected chi connectivity index (χ3v) is 4.62. The van der Waals surface area contributed by atoms with Crippen molar-refractivity contribution in [1.82, 2.24) is 10.1 Å². The fourth-order valence-electron chi connectivity index (χ4n) is 2.93. The zero-order valence-electron chi connectivity index (χ0n) is 13.6. The highest BCUT2D eigenvalue weighted by atomic mass is 35.5. The van der Waals surface area contributed by atoms with Gasteiger partial charge in [0.25, 0.3) is 0 Å². The monoisotopic (exact) mass is 393 g/mol. The smallest absolute Gasteiger partial charge is 0.232 e. The van der Waals surface area contributed by atoms with Crippen LogP contribution in [0.2, 0.25) is 5.02 Å². The van der Waals surface area contributed by atoms with Crippen molar-refractivity contribution in [1.29, 1.82) is 0 Å². The van der Waals surface area contributed by atoms with Gasteiger partial charge in [-0.1, -0.05) is 16.8 Å². The van der Waals surface area contributed by atoms with Gasteiger partial charge in [0.2, 0.25) is 17.6 Å². The van der Waals surface area contributed by atoms with Crippen LogP contribution in [-0.2, 0) is 4.79 Å². The maximum atomic E-state index is 13.6. The number of rotatable bonds is 3. The summed E-state index contributed by atoms with van der Waals surface area (Å²) in [4.78, 5) is 17.8. The van der Waals surface area contributed by atoms with E-state index in [4.69, 9.17) is 16.1 Å². The van der Waals surface area contributed by atoms with Crippen LogP contribution in [0.1, 0.15) is 18.2 Å². The molecule has 3 aromatic rings. The lowest BCUT2D eigenvalue weighted by Gasteiger charge is -2.16. The molecule has 1 aliphatic heterocycles. The molecule has 0 bridgehead atoms. The van der Waals surface area contributed by atoms with Crippen LogP contribution in [-0.4, -0.2) is 22.6 Å². The lowest BCUT2D eigenvalue weighted by molar-refractivity contribution is -0.117. The number of carbonyl (C=O) groups excluding carboxylic acids is 1. The number of hydrogen-bond donors (Lipinski definition) is 0. The summed E-state index contributed by atoms with van der Waals surface area (Å²) in [5, 5.41) is 3.79. The number of carbonyl (C=O) groups is 1. The zero-order chi connectivity index (χ0) is 19.1. The summed E-state index contributed by atoms with van der Waals surface area (Å²) < 4.78 is 45.3. The minimum atomic E-state index is -1.03. The maximum Gasteiger partial charge on any atom is 0.232 e. The van der Waals surface area contributed by atoms with Gasteiger partial charge in [-0.3, -0.25) is 4.79 Å². The number of aromatic nitrogens is 2. The van der Waals surface area contributed by atoms with E-state index in [1.807, 2.05) is 0 Å². The van der Waals surface area contributed by atoms with E-state index < -0.39 is 23.4 Å². The summed E-state index contributed by atoms with van der Waals surface area (Å²) in [7, 11) is 0. The van der Waals surface area contributed by atoms with Gasteiger partial charge in [-0.05, 0) is 30.3 Å². The van der Waals surface area contributed by atoms with Gasteiger partial charge in [0, 0.05) is 30.3 Å². The van der Waals surface area contributed by atoms with Crippen LogP contribution in [0, 0.1) is 17.5 Å². The first kappa shape index (κ1) is 17.5. The van der Waals surface area contributed by atoms with E-state index in [1.165, 1.54) is 23.1 Å². The fraction of sp³-hybridized carbons (Fsp3) is 0.167. The predicted octanol–water partition coefficient (Wildman–Crippen LogP) is 4.33. The molecule has 1 aliphatic rings. The third kappa shape index (κ3) is 3.28. The Morgan fingerprint density at radius 2 is 1.89 bits per heavy atom. The summed E-state index contributed by atoms with van der Waals surface area (Å²) >= 11 is 5.66. The van der Waals surface area contributed by atoms with Crippen molar-refractivity contribution in [3.05, 3.63) is 64.8 Å². The first-order valence-electron chi connectivity index (χ1n) is 7.97. The molecule has 4 rings (SSSR count). The second-order valence-electron chi connectivity index (χ2n) is 6.09. The van der Waals surface area contributed by atoms with Gasteiger partial charge in [0.05, 0.1) is 10.9 Å². The number of halogens is 4. The number of hydrogen-bond acceptors (Lipinski definition) is 4. The van der Waals surface area contributed by atoms with Gasteiger partial charge in [0.1, 0.15) is 5.82 Å². The Morgan fingerprint density at radius 3 is 2.63 bits per heavy atom. The van der Waals surface area contributed by atoms with Crippen LogP contribution in [0.3, 0.4) is 0 Å². The van der Waals surface area contributed by atoms with Gasteiger partial charge < -0.3 is 9.42 Å². The molecule has 1 unspecified atom stereocenters. The second kappa shape index (κ2) is 6.70. The molecule has 2 heterocycles. The molecule has 0 N–H and O–H groups in total. The van der Waals surface area contributed by atoms with Gasteiger partial charge >= 0.3 is 0 Å². The highest BCUT2D eigenvalue weighted by molar-refractivity contribution is 6.30. The van der Waals surface area contributed by atoms with Gasteiger partial charge in [0.15, 0.2) is 11.6 Å². The Morgan fingerprint density at radius 1 is 1.07 bits per heavy atom. The summed E-state index contributed by atoms with van der Waals surface area (Å²) in [5.41, 5.74) is 0.634. The number of amides is 1. The molecule has 1 amide bonds. The van der Waals surface area contributed by atoms with E-state index in [0.717, 1.165) is 12.1 Å². The van der Waals surface area contributed by atoms with Crippen LogP contribution in [0.5, 0.6) is 0 Å². The fourth-order valence-corrected chi connectivity index (χ4v) is 3.05. The molecule has 0 saturated carbocycles. The normalized spacial score (nSPS) is 17.0. The van der Waals surface area contributed by atoms with Crippen LogP contribution in [0.15, 0.2) is 40.9 Å². The first-order valence-corrected chi connectivity index (χ1v) is 8.34. The van der Waals surface area contributed by atoms with Gasteiger partial charge in [-0.2, -0.15) is 4.98 Å². The molecule has 2 aromatic carbocycles. The van der Waals surface area contributed by atoms with Crippen molar-refractivity contribution in [2.24, 2.45) is 0 Å². The third-order valence-electron chi connectivity index (χ3n) is 4.31. The summed E-state index contributed by atoms with van der Waals surface area (Å²) in [6, 6.07) is 7.37. The van der Waals surface area contributed by atoms with Crippen molar-refractivity contribution >= 4 is 23.2 Å². The first-order chi connectivity index (χ1) is 12.9. The molecule has 1 aromatic heterocycles. The molecular weight excluding hydrogens is 383 g/mol. The van der Waals surface area contributed by atoms with Crippen molar-refractivity contribution in [2.45, 2.75) is 12.3 Å². The lowest BCUT2D eigenvalue weighted by Crippen LogP contribution is -2.24. The van der Waals surface area contributed by atoms with Crippen molar-refractivity contribution in [2.75, 3.05) is 11.4 Å². The second-order valence-corrected chi connectivity index (χ2v) is 6.50. The summed E-state index contributed by atoms with van der Waals surface area (Å²) in [5.74, 6) is -2.95. The Hall–Kier alpha value is -2.87. The molecule has 1 fully saturated rings. The SMILES string of the molecule is O=C1CC(c2nc(-c3ccc(Cl)c(F)c3)no2)CN1c1ccc(F)c(F)c1. The topological polar surface area (TPSA) is 59.2 Å². The van der Waals surface area contributed by atoms with E-state index in [2.05, 4.69) is 10.1 Å². The molecule has 0 radical (unpaired) electrons. The van der Waals surface area contributed by atoms with Crippen molar-refractivity contribution < 1.29 is 22.5 Å². The van der Waals surface area contributed by atoms with E-state index in [1.54, 1.807) is 6.07 Å². The van der Waals surface area contributed by atoms with Gasteiger partial charge in [-0.25, -0.2) is 13.2 Å². The van der Waals surface area contributed by atoms with E-state index in [-0.39, 0.29) is 41.3 Å². The maximum absolute atomic E-state index is 13.6. The molecule has 1 atom stereocenters. The van der Waals surface area contributed by atoms with Crippen LogP contribution in [0.25, 0.3) is 11.4 Å². The quantitative estimate of drug-likeness (QED) is 0.664. The molecule has 138 valence electrons. The highest BCUT2D eigenvalue weighted by Gasteiger charge is 2.35. The van der Waals surface area contributed by atoms with Crippen molar-refractivity contribution in [3.8, 4) is 11.4 Å². The lowest BCUT2D eigenvalue weighted by atomic mass is 10.1. The Bertz CT molecular complexity index is 1040. The van der Waals surface area contributed by atoms with E-state index in [0.29, 0.717) is 5.56 Å². The Kier molecular flexibility index (Phi) is 4.35. The van der Waals surface area contributed by atoms with Crippen LogP contribution >= 0.6 is 11.6 Å². The predicted molar refractivity (Wildman–Crippen MR) is 90.8 cm³/mol. The Balaban J connectivity index is 1.56. The van der Waals surface area contributed by atoms with Gasteiger partial charge in [-0.15, -0.1) is 0 Å². The average molecular weight is 394 g/mol. The minimum absolute atomic E-state index is 0.0222. The summed E-state index contributed by atoms with van der Waals surface area (Å²) in [6.07, 6.45) is 0.0790. The van der Waals surface area contributed by atoms with E-state index >= 15 is 0 Å². The molecule has 0 spiro atoms. The Labute approximate surface area is 156 Å². The molecule has 9 heteroatoms. The molecule has 27 heavy (non-hydrogen) atoms. The molecule has 0 aliphatic carbocycles. The van der Waals surface area contributed by atoms with Crippen LogP contribution < -0.4 is 4.90 Å². The number of nitrogens with zero attached hydrogens (tertiary/aromatic N) is 3. The van der Waals surface area contributed by atoms with E-state index in [9.17, 15) is 18.0 Å². The molecule has 5 nitrogen and oxygen atoms in total. The summed E-state index contributed by atoms with van der Waals surface area (Å²) in [6.45, 7) is 0.181. The van der Waals surface area contributed by atoms with Crippen molar-refractivity contribution in [3.63, 3.8) is 0 Å². The largest absolute Gasteiger partial charge is 0.339 e. The number of anilines is 1. The zero-order valence-corrected chi connectivity index (χ0v) is 14.4. The molecule has 1 saturated heterocycles. The molecular formula is C18H11ClF3N3O2. The number of benzene rings is 2. The standard InChI is InChI=1S/C18H11ClF3N3O2/c19-12-3-1-9(5-14(12)21)17-23-18(27-24-17)10-6-16(26)25(8-10)11-2-4-13(20)15(22)7-11/h1-5,7,10H,6,8H2. The minimum Gasteiger partial charge on any atom is -0.339 e. The average Bonchev–Trinajstić information content (AvgIpc) is 3.27. The highest BCUT2D eigenvalue weighted by Crippen LogP contribution is 2.32. The van der Waals surface area contributed by atoms with Crippen LogP contribution in [0.4, 0.5) is 18.9 Å².